The number of hydrogen-bond donors (Lipinski definition) is 2. The van der Waals surface area contributed by atoms with E-state index in [-0.39, 0.29) is 11.6 Å². The lowest BCUT2D eigenvalue weighted by Gasteiger charge is -2.03. The fourth-order valence-corrected chi connectivity index (χ4v) is 1.16. The number of nitrogens with one attached hydrogen (secondary N) is 1. The van der Waals surface area contributed by atoms with Gasteiger partial charge in [-0.05, 0) is 17.7 Å². The van der Waals surface area contributed by atoms with Crippen LogP contribution in [0.3, 0.4) is 0 Å². The maximum atomic E-state index is 12.7. The van der Waals surface area contributed by atoms with Crippen LogP contribution in [0.5, 0.6) is 0 Å². The maximum absolute atomic E-state index is 12.7. The topological polar surface area (TPSA) is 32.3 Å². The molecule has 0 aromatic heterocycles. The van der Waals surface area contributed by atoms with E-state index in [0.29, 0.717) is 13.1 Å². The highest BCUT2D eigenvalue weighted by Gasteiger charge is 1.99. The fourth-order valence-electron chi connectivity index (χ4n) is 0.961. The first-order valence-corrected chi connectivity index (χ1v) is 4.37. The van der Waals surface area contributed by atoms with Crippen molar-refractivity contribution in [1.29, 1.82) is 0 Å². The van der Waals surface area contributed by atoms with Gasteiger partial charge in [0.2, 0.25) is 0 Å². The lowest BCUT2D eigenvalue weighted by Crippen LogP contribution is -2.17. The molecule has 1 aromatic rings. The molecule has 0 fully saturated rings. The predicted molar refractivity (Wildman–Crippen MR) is 50.2 cm³/mol. The van der Waals surface area contributed by atoms with Crippen molar-refractivity contribution in [2.45, 2.75) is 6.54 Å². The standard InChI is InChI=1S/C9H11ClFNO/c10-8-5-7(1-2-9(8)11)6-12-3-4-13/h1-2,5,12-13H,3-4,6H2. The van der Waals surface area contributed by atoms with Gasteiger partial charge >= 0.3 is 0 Å². The number of rotatable bonds is 4. The summed E-state index contributed by atoms with van der Waals surface area (Å²) in [6, 6.07) is 4.56. The average Bonchev–Trinajstić information content (AvgIpc) is 2.12. The van der Waals surface area contributed by atoms with E-state index in [0.717, 1.165) is 5.56 Å². The van der Waals surface area contributed by atoms with Crippen LogP contribution >= 0.6 is 11.6 Å². The van der Waals surface area contributed by atoms with Gasteiger partial charge in [0, 0.05) is 13.1 Å². The van der Waals surface area contributed by atoms with Crippen LogP contribution in [0.4, 0.5) is 4.39 Å². The van der Waals surface area contributed by atoms with Gasteiger partial charge in [-0.15, -0.1) is 0 Å². The van der Waals surface area contributed by atoms with Gasteiger partial charge in [-0.25, -0.2) is 4.39 Å². The van der Waals surface area contributed by atoms with Crippen LogP contribution in [0.2, 0.25) is 5.02 Å². The second-order valence-electron chi connectivity index (χ2n) is 2.65. The van der Waals surface area contributed by atoms with E-state index in [4.69, 9.17) is 16.7 Å². The van der Waals surface area contributed by atoms with Crippen LogP contribution in [-0.4, -0.2) is 18.3 Å². The molecule has 1 rings (SSSR count). The third-order valence-electron chi connectivity index (χ3n) is 1.60. The summed E-state index contributed by atoms with van der Waals surface area (Å²) in [5.41, 5.74) is 0.903. The van der Waals surface area contributed by atoms with Crippen LogP contribution in [-0.2, 0) is 6.54 Å². The third-order valence-corrected chi connectivity index (χ3v) is 1.89. The van der Waals surface area contributed by atoms with Crippen molar-refractivity contribution < 1.29 is 9.50 Å². The van der Waals surface area contributed by atoms with Crippen molar-refractivity contribution in [2.75, 3.05) is 13.2 Å². The van der Waals surface area contributed by atoms with E-state index in [1.807, 2.05) is 0 Å². The van der Waals surface area contributed by atoms with E-state index in [1.165, 1.54) is 6.07 Å². The summed E-state index contributed by atoms with van der Waals surface area (Å²) < 4.78 is 12.7. The third kappa shape index (κ3) is 3.30. The Labute approximate surface area is 81.3 Å². The summed E-state index contributed by atoms with van der Waals surface area (Å²) in [6.45, 7) is 1.20. The minimum atomic E-state index is -0.410. The zero-order valence-electron chi connectivity index (χ0n) is 7.06. The molecule has 0 aliphatic heterocycles. The molecule has 4 heteroatoms. The smallest absolute Gasteiger partial charge is 0.141 e. The molecule has 0 saturated carbocycles. The monoisotopic (exact) mass is 203 g/mol. The van der Waals surface area contributed by atoms with Crippen molar-refractivity contribution in [3.63, 3.8) is 0 Å². The summed E-state index contributed by atoms with van der Waals surface area (Å²) in [4.78, 5) is 0. The minimum Gasteiger partial charge on any atom is -0.395 e. The molecule has 0 bridgehead atoms. The molecular weight excluding hydrogens is 193 g/mol. The summed E-state index contributed by atoms with van der Waals surface area (Å²) in [7, 11) is 0. The fraction of sp³-hybridized carbons (Fsp3) is 0.333. The van der Waals surface area contributed by atoms with Gasteiger partial charge in [0.25, 0.3) is 0 Å². The van der Waals surface area contributed by atoms with Gasteiger partial charge < -0.3 is 10.4 Å². The molecule has 0 saturated heterocycles. The summed E-state index contributed by atoms with van der Waals surface area (Å²) in [5.74, 6) is -0.410. The highest BCUT2D eigenvalue weighted by Crippen LogP contribution is 2.15. The Morgan fingerprint density at radius 2 is 2.23 bits per heavy atom. The highest BCUT2D eigenvalue weighted by atomic mass is 35.5. The van der Waals surface area contributed by atoms with Crippen molar-refractivity contribution in [2.24, 2.45) is 0 Å². The molecule has 2 N–H and O–H groups in total. The second-order valence-corrected chi connectivity index (χ2v) is 3.06. The summed E-state index contributed by atoms with van der Waals surface area (Å²) >= 11 is 5.57. The molecule has 0 aliphatic carbocycles. The highest BCUT2D eigenvalue weighted by molar-refractivity contribution is 6.30. The van der Waals surface area contributed by atoms with Gasteiger partial charge in [0.1, 0.15) is 5.82 Å². The molecule has 0 atom stereocenters. The lowest BCUT2D eigenvalue weighted by molar-refractivity contribution is 0.292. The molecule has 0 aliphatic rings. The first kappa shape index (κ1) is 10.4. The predicted octanol–water partition coefficient (Wildman–Crippen LogP) is 1.56. The quantitative estimate of drug-likeness (QED) is 0.728. The number of halogens is 2. The molecule has 0 amide bonds. The van der Waals surface area contributed by atoms with Crippen molar-refractivity contribution >= 4 is 11.6 Å². The number of benzene rings is 1. The molecule has 72 valence electrons. The molecule has 1 aromatic carbocycles. The van der Waals surface area contributed by atoms with Gasteiger partial charge in [-0.1, -0.05) is 17.7 Å². The molecular formula is C9H11ClFNO. The molecule has 13 heavy (non-hydrogen) atoms. The van der Waals surface area contributed by atoms with Crippen molar-refractivity contribution in [3.8, 4) is 0 Å². The zero-order valence-corrected chi connectivity index (χ0v) is 7.81. The molecule has 0 heterocycles. The first-order chi connectivity index (χ1) is 6.24. The van der Waals surface area contributed by atoms with Gasteiger partial charge in [-0.3, -0.25) is 0 Å². The summed E-state index contributed by atoms with van der Waals surface area (Å²) in [5, 5.41) is 11.6. The zero-order chi connectivity index (χ0) is 9.68. The van der Waals surface area contributed by atoms with E-state index in [1.54, 1.807) is 12.1 Å². The van der Waals surface area contributed by atoms with E-state index < -0.39 is 5.82 Å². The Bertz CT molecular complexity index is 280. The molecule has 0 radical (unpaired) electrons. The van der Waals surface area contributed by atoms with E-state index in [9.17, 15) is 4.39 Å². The maximum Gasteiger partial charge on any atom is 0.141 e. The molecule has 0 unspecified atom stereocenters. The Morgan fingerprint density at radius 1 is 1.46 bits per heavy atom. The van der Waals surface area contributed by atoms with Gasteiger partial charge in [-0.2, -0.15) is 0 Å². The number of aliphatic hydroxyl groups excluding tert-OH is 1. The average molecular weight is 204 g/mol. The normalized spacial score (nSPS) is 10.4. The second kappa shape index (κ2) is 5.17. The van der Waals surface area contributed by atoms with Gasteiger partial charge in [0.15, 0.2) is 0 Å². The number of aliphatic hydroxyl groups is 1. The van der Waals surface area contributed by atoms with Crippen LogP contribution < -0.4 is 5.32 Å². The molecule has 2 nitrogen and oxygen atoms in total. The molecule has 0 spiro atoms. The Balaban J connectivity index is 2.53. The summed E-state index contributed by atoms with van der Waals surface area (Å²) in [6.07, 6.45) is 0. The van der Waals surface area contributed by atoms with Crippen LogP contribution in [0, 0.1) is 5.82 Å². The van der Waals surface area contributed by atoms with Crippen LogP contribution in [0.15, 0.2) is 18.2 Å². The Kier molecular flexibility index (Phi) is 4.15. The van der Waals surface area contributed by atoms with Gasteiger partial charge in [0.05, 0.1) is 11.6 Å². The lowest BCUT2D eigenvalue weighted by atomic mass is 10.2. The van der Waals surface area contributed by atoms with Crippen molar-refractivity contribution in [1.82, 2.24) is 5.32 Å². The van der Waals surface area contributed by atoms with Crippen molar-refractivity contribution in [3.05, 3.63) is 34.6 Å². The Hall–Kier alpha value is -0.640. The Morgan fingerprint density at radius 3 is 2.85 bits per heavy atom. The van der Waals surface area contributed by atoms with E-state index in [2.05, 4.69) is 5.32 Å². The SMILES string of the molecule is OCCNCc1ccc(F)c(Cl)c1. The van der Waals surface area contributed by atoms with E-state index >= 15 is 0 Å². The first-order valence-electron chi connectivity index (χ1n) is 3.99. The number of hydrogen-bond acceptors (Lipinski definition) is 2. The van der Waals surface area contributed by atoms with Crippen LogP contribution in [0.25, 0.3) is 0 Å². The van der Waals surface area contributed by atoms with Crippen LogP contribution in [0.1, 0.15) is 5.56 Å². The largest absolute Gasteiger partial charge is 0.395 e. The minimum absolute atomic E-state index is 0.0922.